The number of rotatable bonds is 1. The van der Waals surface area contributed by atoms with E-state index in [1.54, 1.807) is 6.07 Å². The number of carbonyl (C=O) groups is 1. The predicted molar refractivity (Wildman–Crippen MR) is 50.2 cm³/mol. The molecule has 2 nitrogen and oxygen atoms in total. The van der Waals surface area contributed by atoms with Crippen LogP contribution in [0.3, 0.4) is 0 Å². The minimum absolute atomic E-state index is 0.260. The van der Waals surface area contributed by atoms with Crippen LogP contribution in [0.4, 0.5) is 8.78 Å². The molecule has 1 aliphatic rings. The Morgan fingerprint density at radius 3 is 2.80 bits per heavy atom. The largest absolute Gasteiger partial charge is 0.478 e. The average molecular weight is 212 g/mol. The Morgan fingerprint density at radius 2 is 2.13 bits per heavy atom. The van der Waals surface area contributed by atoms with E-state index in [0.717, 1.165) is 0 Å². The molecular weight excluding hydrogens is 202 g/mol. The average Bonchev–Trinajstić information content (AvgIpc) is 2.16. The number of hydrogen-bond donors (Lipinski definition) is 1. The van der Waals surface area contributed by atoms with E-state index >= 15 is 0 Å². The maximum Gasteiger partial charge on any atom is 0.336 e. The van der Waals surface area contributed by atoms with Crippen LogP contribution in [0.1, 0.15) is 34.3 Å². The standard InChI is InChI=1S/C11H10F2O2/c12-11(13)6-2-4-7-3-1-5-8(9(7)11)10(14)15/h1,3,5H,2,4,6H2,(H,14,15). The molecule has 1 aromatic carbocycles. The van der Waals surface area contributed by atoms with Gasteiger partial charge >= 0.3 is 5.97 Å². The molecule has 0 bridgehead atoms. The first-order valence-electron chi connectivity index (χ1n) is 4.76. The molecule has 2 rings (SSSR count). The summed E-state index contributed by atoms with van der Waals surface area (Å²) in [6.07, 6.45) is 0.680. The molecule has 0 saturated heterocycles. The van der Waals surface area contributed by atoms with Gasteiger partial charge in [0.05, 0.1) is 5.56 Å². The summed E-state index contributed by atoms with van der Waals surface area (Å²) in [5.74, 6) is -4.28. The molecular formula is C11H10F2O2. The van der Waals surface area contributed by atoms with Crippen molar-refractivity contribution < 1.29 is 18.7 Å². The van der Waals surface area contributed by atoms with Gasteiger partial charge in [0.2, 0.25) is 0 Å². The smallest absolute Gasteiger partial charge is 0.336 e. The van der Waals surface area contributed by atoms with Crippen LogP contribution in [-0.4, -0.2) is 11.1 Å². The summed E-state index contributed by atoms with van der Waals surface area (Å²) in [4.78, 5) is 10.8. The topological polar surface area (TPSA) is 37.3 Å². The van der Waals surface area contributed by atoms with E-state index in [0.29, 0.717) is 18.4 Å². The van der Waals surface area contributed by atoms with E-state index in [2.05, 4.69) is 0 Å². The number of carboxylic acids is 1. The maximum absolute atomic E-state index is 13.6. The van der Waals surface area contributed by atoms with Crippen LogP contribution in [0, 0.1) is 0 Å². The fourth-order valence-electron chi connectivity index (χ4n) is 2.04. The van der Waals surface area contributed by atoms with Crippen LogP contribution in [-0.2, 0) is 12.3 Å². The molecule has 0 aliphatic heterocycles. The minimum Gasteiger partial charge on any atom is -0.478 e. The molecule has 0 amide bonds. The summed E-state index contributed by atoms with van der Waals surface area (Å²) in [6, 6.07) is 4.33. The summed E-state index contributed by atoms with van der Waals surface area (Å²) >= 11 is 0. The van der Waals surface area contributed by atoms with Gasteiger partial charge in [0, 0.05) is 12.0 Å². The van der Waals surface area contributed by atoms with E-state index in [1.807, 2.05) is 0 Å². The first-order valence-corrected chi connectivity index (χ1v) is 4.76. The quantitative estimate of drug-likeness (QED) is 0.777. The van der Waals surface area contributed by atoms with Crippen molar-refractivity contribution in [2.75, 3.05) is 0 Å². The van der Waals surface area contributed by atoms with Crippen molar-refractivity contribution in [2.24, 2.45) is 0 Å². The molecule has 1 aliphatic carbocycles. The number of fused-ring (bicyclic) bond motifs is 1. The first-order chi connectivity index (χ1) is 7.02. The number of aryl methyl sites for hydroxylation is 1. The molecule has 80 valence electrons. The predicted octanol–water partition coefficient (Wildman–Crippen LogP) is 2.81. The van der Waals surface area contributed by atoms with Crippen molar-refractivity contribution in [1.82, 2.24) is 0 Å². The maximum atomic E-state index is 13.6. The summed E-state index contributed by atoms with van der Waals surface area (Å²) in [7, 11) is 0. The second-order valence-corrected chi connectivity index (χ2v) is 3.70. The van der Waals surface area contributed by atoms with Gasteiger partial charge in [0.25, 0.3) is 5.92 Å². The Balaban J connectivity index is 2.65. The lowest BCUT2D eigenvalue weighted by Crippen LogP contribution is -2.24. The fourth-order valence-corrected chi connectivity index (χ4v) is 2.04. The highest BCUT2D eigenvalue weighted by Gasteiger charge is 2.39. The number of carboxylic acid groups (broad SMARTS) is 1. The minimum atomic E-state index is -3.00. The molecule has 0 fully saturated rings. The third-order valence-electron chi connectivity index (χ3n) is 2.68. The third kappa shape index (κ3) is 1.60. The summed E-state index contributed by atoms with van der Waals surface area (Å²) < 4.78 is 27.1. The molecule has 1 N–H and O–H groups in total. The monoisotopic (exact) mass is 212 g/mol. The Labute approximate surface area is 85.5 Å². The van der Waals surface area contributed by atoms with Gasteiger partial charge in [-0.25, -0.2) is 13.6 Å². The first kappa shape index (κ1) is 10.1. The second-order valence-electron chi connectivity index (χ2n) is 3.70. The Hall–Kier alpha value is -1.45. The van der Waals surface area contributed by atoms with E-state index in [-0.39, 0.29) is 17.5 Å². The van der Waals surface area contributed by atoms with E-state index in [4.69, 9.17) is 5.11 Å². The number of hydrogen-bond acceptors (Lipinski definition) is 1. The van der Waals surface area contributed by atoms with Crippen LogP contribution in [0.2, 0.25) is 0 Å². The van der Waals surface area contributed by atoms with Crippen LogP contribution in [0.15, 0.2) is 18.2 Å². The van der Waals surface area contributed by atoms with Crippen molar-refractivity contribution in [3.8, 4) is 0 Å². The zero-order valence-electron chi connectivity index (χ0n) is 7.96. The lowest BCUT2D eigenvalue weighted by molar-refractivity contribution is -0.0229. The number of halogens is 2. The van der Waals surface area contributed by atoms with Gasteiger partial charge < -0.3 is 5.11 Å². The molecule has 15 heavy (non-hydrogen) atoms. The zero-order valence-corrected chi connectivity index (χ0v) is 7.96. The van der Waals surface area contributed by atoms with Gasteiger partial charge in [-0.05, 0) is 24.5 Å². The lowest BCUT2D eigenvalue weighted by atomic mass is 9.85. The molecule has 0 unspecified atom stereocenters. The van der Waals surface area contributed by atoms with E-state index in [1.165, 1.54) is 12.1 Å². The van der Waals surface area contributed by atoms with Gasteiger partial charge in [0.1, 0.15) is 0 Å². The SMILES string of the molecule is O=C(O)c1cccc2c1C(F)(F)CCC2. The summed E-state index contributed by atoms with van der Waals surface area (Å²) in [6.45, 7) is 0. The fraction of sp³-hybridized carbons (Fsp3) is 0.364. The van der Waals surface area contributed by atoms with E-state index < -0.39 is 11.9 Å². The van der Waals surface area contributed by atoms with Gasteiger partial charge in [-0.1, -0.05) is 12.1 Å². The van der Waals surface area contributed by atoms with Gasteiger partial charge in [-0.2, -0.15) is 0 Å². The van der Waals surface area contributed by atoms with E-state index in [9.17, 15) is 13.6 Å². The van der Waals surface area contributed by atoms with Crippen LogP contribution in [0.5, 0.6) is 0 Å². The number of aromatic carboxylic acids is 1. The Bertz CT molecular complexity index is 413. The lowest BCUT2D eigenvalue weighted by Gasteiger charge is -2.26. The normalized spacial score (nSPS) is 18.3. The zero-order chi connectivity index (χ0) is 11.1. The van der Waals surface area contributed by atoms with Crippen molar-refractivity contribution in [1.29, 1.82) is 0 Å². The van der Waals surface area contributed by atoms with Crippen molar-refractivity contribution in [3.05, 3.63) is 34.9 Å². The second kappa shape index (κ2) is 3.29. The van der Waals surface area contributed by atoms with Crippen molar-refractivity contribution >= 4 is 5.97 Å². The third-order valence-corrected chi connectivity index (χ3v) is 2.68. The van der Waals surface area contributed by atoms with Gasteiger partial charge in [0.15, 0.2) is 0 Å². The molecule has 0 atom stereocenters. The molecule has 4 heteroatoms. The Kier molecular flexibility index (Phi) is 2.21. The van der Waals surface area contributed by atoms with Gasteiger partial charge in [-0.3, -0.25) is 0 Å². The number of alkyl halides is 2. The van der Waals surface area contributed by atoms with Crippen LogP contribution >= 0.6 is 0 Å². The highest BCUT2D eigenvalue weighted by atomic mass is 19.3. The molecule has 0 saturated carbocycles. The molecule has 1 aromatic rings. The molecule has 0 spiro atoms. The number of benzene rings is 1. The highest BCUT2D eigenvalue weighted by Crippen LogP contribution is 2.41. The van der Waals surface area contributed by atoms with Crippen molar-refractivity contribution in [3.63, 3.8) is 0 Å². The van der Waals surface area contributed by atoms with Gasteiger partial charge in [-0.15, -0.1) is 0 Å². The molecule has 0 heterocycles. The van der Waals surface area contributed by atoms with Crippen LogP contribution < -0.4 is 0 Å². The summed E-state index contributed by atoms with van der Waals surface area (Å²) in [5, 5.41) is 8.84. The highest BCUT2D eigenvalue weighted by molar-refractivity contribution is 5.90. The molecule has 0 aromatic heterocycles. The summed E-state index contributed by atoms with van der Waals surface area (Å²) in [5.41, 5.74) is -0.0906. The van der Waals surface area contributed by atoms with Crippen molar-refractivity contribution in [2.45, 2.75) is 25.2 Å². The molecule has 0 radical (unpaired) electrons. The Morgan fingerprint density at radius 1 is 1.40 bits per heavy atom. The van der Waals surface area contributed by atoms with Crippen LogP contribution in [0.25, 0.3) is 0 Å².